The van der Waals surface area contributed by atoms with E-state index in [-0.39, 0.29) is 5.82 Å². The molecule has 0 aromatic heterocycles. The summed E-state index contributed by atoms with van der Waals surface area (Å²) in [6.07, 6.45) is 0. The molecule has 2 aromatic rings. The minimum atomic E-state index is -0.266. The van der Waals surface area contributed by atoms with E-state index < -0.39 is 0 Å². The van der Waals surface area contributed by atoms with Crippen LogP contribution in [0.25, 0.3) is 0 Å². The number of rotatable bonds is 5. The molecule has 0 aliphatic rings. The van der Waals surface area contributed by atoms with Crippen molar-refractivity contribution in [3.8, 4) is 11.5 Å². The van der Waals surface area contributed by atoms with Crippen molar-refractivity contribution in [3.05, 3.63) is 58.4 Å². The second kappa shape index (κ2) is 6.92. The lowest BCUT2D eigenvalue weighted by atomic mass is 10.1. The van der Waals surface area contributed by atoms with Gasteiger partial charge in [-0.2, -0.15) is 0 Å². The molecular formula is C17H19ClFNO. The molecule has 0 amide bonds. The Bertz CT molecular complexity index is 628. The normalized spacial score (nSPS) is 11.0. The van der Waals surface area contributed by atoms with E-state index in [9.17, 15) is 4.39 Å². The number of aryl methyl sites for hydroxylation is 1. The lowest BCUT2D eigenvalue weighted by molar-refractivity contribution is 0.464. The number of benzene rings is 2. The van der Waals surface area contributed by atoms with E-state index in [1.54, 1.807) is 12.1 Å². The van der Waals surface area contributed by atoms with Gasteiger partial charge in [-0.3, -0.25) is 0 Å². The molecule has 0 saturated heterocycles. The maximum Gasteiger partial charge on any atom is 0.132 e. The summed E-state index contributed by atoms with van der Waals surface area (Å²) in [5, 5.41) is 4.01. The molecule has 2 nitrogen and oxygen atoms in total. The van der Waals surface area contributed by atoms with E-state index in [1.807, 2.05) is 19.1 Å². The predicted molar refractivity (Wildman–Crippen MR) is 84.6 cm³/mol. The molecule has 4 heteroatoms. The van der Waals surface area contributed by atoms with Gasteiger partial charge in [-0.05, 0) is 48.9 Å². The third kappa shape index (κ3) is 4.45. The molecule has 2 aromatic carbocycles. The Kier molecular flexibility index (Phi) is 5.21. The Hall–Kier alpha value is -1.58. The topological polar surface area (TPSA) is 21.3 Å². The van der Waals surface area contributed by atoms with Crippen LogP contribution in [0.1, 0.15) is 25.0 Å². The number of ether oxygens (including phenoxy) is 1. The highest BCUT2D eigenvalue weighted by atomic mass is 35.5. The standard InChI is InChI=1S/C17H19ClFNO/c1-11(2)20-10-13-9-14(18)4-6-17(13)21-16-7-5-15(19)8-12(16)3/h4-9,11,20H,10H2,1-3H3. The van der Waals surface area contributed by atoms with Crippen LogP contribution < -0.4 is 10.1 Å². The monoisotopic (exact) mass is 307 g/mol. The summed E-state index contributed by atoms with van der Waals surface area (Å²) in [5.41, 5.74) is 1.73. The third-order valence-electron chi connectivity index (χ3n) is 3.08. The number of halogens is 2. The summed E-state index contributed by atoms with van der Waals surface area (Å²) in [4.78, 5) is 0. The molecule has 0 aliphatic heterocycles. The Morgan fingerprint density at radius 1 is 1.14 bits per heavy atom. The number of hydrogen-bond donors (Lipinski definition) is 1. The van der Waals surface area contributed by atoms with Crippen LogP contribution in [0, 0.1) is 12.7 Å². The largest absolute Gasteiger partial charge is 0.457 e. The van der Waals surface area contributed by atoms with Gasteiger partial charge in [-0.25, -0.2) is 4.39 Å². The highest BCUT2D eigenvalue weighted by molar-refractivity contribution is 6.30. The fourth-order valence-electron chi connectivity index (χ4n) is 1.95. The van der Waals surface area contributed by atoms with Crippen molar-refractivity contribution in [2.75, 3.05) is 0 Å². The molecule has 0 fully saturated rings. The Labute approximate surface area is 129 Å². The lowest BCUT2D eigenvalue weighted by Gasteiger charge is -2.15. The summed E-state index contributed by atoms with van der Waals surface area (Å²) in [5.74, 6) is 1.10. The van der Waals surface area contributed by atoms with E-state index in [4.69, 9.17) is 16.3 Å². The molecule has 0 heterocycles. The highest BCUT2D eigenvalue weighted by Gasteiger charge is 2.09. The predicted octanol–water partition coefficient (Wildman–Crippen LogP) is 5.08. The first-order chi connectivity index (χ1) is 9.95. The second-order valence-corrected chi connectivity index (χ2v) is 5.74. The van der Waals surface area contributed by atoms with Crippen molar-refractivity contribution in [3.63, 3.8) is 0 Å². The average molecular weight is 308 g/mol. The fourth-order valence-corrected chi connectivity index (χ4v) is 2.14. The van der Waals surface area contributed by atoms with Crippen molar-refractivity contribution < 1.29 is 9.13 Å². The van der Waals surface area contributed by atoms with Crippen LogP contribution in [-0.4, -0.2) is 6.04 Å². The van der Waals surface area contributed by atoms with Crippen LogP contribution in [0.2, 0.25) is 5.02 Å². The van der Waals surface area contributed by atoms with Crippen molar-refractivity contribution >= 4 is 11.6 Å². The number of nitrogens with one attached hydrogen (secondary N) is 1. The van der Waals surface area contributed by atoms with Crippen molar-refractivity contribution in [2.24, 2.45) is 0 Å². The maximum absolute atomic E-state index is 13.1. The summed E-state index contributed by atoms with van der Waals surface area (Å²) >= 11 is 6.05. The van der Waals surface area contributed by atoms with Crippen molar-refractivity contribution in [2.45, 2.75) is 33.4 Å². The first-order valence-electron chi connectivity index (χ1n) is 6.91. The molecule has 0 bridgehead atoms. The zero-order valence-corrected chi connectivity index (χ0v) is 13.2. The summed E-state index contributed by atoms with van der Waals surface area (Å²) < 4.78 is 19.1. The second-order valence-electron chi connectivity index (χ2n) is 5.30. The van der Waals surface area contributed by atoms with Crippen LogP contribution in [0.5, 0.6) is 11.5 Å². The van der Waals surface area contributed by atoms with Crippen molar-refractivity contribution in [1.82, 2.24) is 5.32 Å². The summed E-state index contributed by atoms with van der Waals surface area (Å²) in [6, 6.07) is 10.4. The smallest absolute Gasteiger partial charge is 0.132 e. The van der Waals surface area contributed by atoms with Gasteiger partial charge in [0.2, 0.25) is 0 Å². The highest BCUT2D eigenvalue weighted by Crippen LogP contribution is 2.30. The van der Waals surface area contributed by atoms with Gasteiger partial charge in [-0.1, -0.05) is 25.4 Å². The minimum Gasteiger partial charge on any atom is -0.457 e. The molecule has 0 radical (unpaired) electrons. The minimum absolute atomic E-state index is 0.266. The molecule has 0 aliphatic carbocycles. The van der Waals surface area contributed by atoms with E-state index in [0.29, 0.717) is 23.4 Å². The van der Waals surface area contributed by atoms with Gasteiger partial charge in [0.05, 0.1) is 0 Å². The number of hydrogen-bond acceptors (Lipinski definition) is 2. The van der Waals surface area contributed by atoms with E-state index in [0.717, 1.165) is 16.9 Å². The molecule has 2 rings (SSSR count). The fraction of sp³-hybridized carbons (Fsp3) is 0.294. The molecular weight excluding hydrogens is 289 g/mol. The summed E-state index contributed by atoms with van der Waals surface area (Å²) in [7, 11) is 0. The molecule has 0 atom stereocenters. The van der Waals surface area contributed by atoms with Crippen LogP contribution >= 0.6 is 11.6 Å². The van der Waals surface area contributed by atoms with Gasteiger partial charge >= 0.3 is 0 Å². The van der Waals surface area contributed by atoms with Crippen LogP contribution in [0.15, 0.2) is 36.4 Å². The van der Waals surface area contributed by atoms with Crippen molar-refractivity contribution in [1.29, 1.82) is 0 Å². The van der Waals surface area contributed by atoms with Crippen LogP contribution in [0.4, 0.5) is 4.39 Å². The quantitative estimate of drug-likeness (QED) is 0.832. The van der Waals surface area contributed by atoms with Gasteiger partial charge < -0.3 is 10.1 Å². The first kappa shape index (κ1) is 15.8. The van der Waals surface area contributed by atoms with Gasteiger partial charge in [-0.15, -0.1) is 0 Å². The SMILES string of the molecule is Cc1cc(F)ccc1Oc1ccc(Cl)cc1CNC(C)C. The van der Waals surface area contributed by atoms with Gasteiger partial charge in [0.25, 0.3) is 0 Å². The van der Waals surface area contributed by atoms with E-state index in [2.05, 4.69) is 19.2 Å². The molecule has 21 heavy (non-hydrogen) atoms. The zero-order valence-electron chi connectivity index (χ0n) is 12.4. The van der Waals surface area contributed by atoms with Gasteiger partial charge in [0, 0.05) is 23.2 Å². The zero-order chi connectivity index (χ0) is 15.4. The lowest BCUT2D eigenvalue weighted by Crippen LogP contribution is -2.22. The third-order valence-corrected chi connectivity index (χ3v) is 3.32. The summed E-state index contributed by atoms with van der Waals surface area (Å²) in [6.45, 7) is 6.64. The van der Waals surface area contributed by atoms with E-state index in [1.165, 1.54) is 12.1 Å². The van der Waals surface area contributed by atoms with Gasteiger partial charge in [0.1, 0.15) is 17.3 Å². The molecule has 0 spiro atoms. The van der Waals surface area contributed by atoms with Gasteiger partial charge in [0.15, 0.2) is 0 Å². The van der Waals surface area contributed by atoms with E-state index >= 15 is 0 Å². The molecule has 1 N–H and O–H groups in total. The molecule has 112 valence electrons. The Morgan fingerprint density at radius 2 is 1.86 bits per heavy atom. The Morgan fingerprint density at radius 3 is 2.52 bits per heavy atom. The van der Waals surface area contributed by atoms with Crippen LogP contribution in [-0.2, 0) is 6.54 Å². The maximum atomic E-state index is 13.1. The Balaban J connectivity index is 2.26. The average Bonchev–Trinajstić information content (AvgIpc) is 2.41. The van der Waals surface area contributed by atoms with Crippen LogP contribution in [0.3, 0.4) is 0 Å². The molecule has 0 unspecified atom stereocenters. The first-order valence-corrected chi connectivity index (χ1v) is 7.29. The molecule has 0 saturated carbocycles.